The molecule has 1 aliphatic carbocycles. The topological polar surface area (TPSA) is 91.7 Å². The second-order valence-corrected chi connectivity index (χ2v) is 9.84. The van der Waals surface area contributed by atoms with Gasteiger partial charge in [0.05, 0.1) is 18.2 Å². The predicted octanol–water partition coefficient (Wildman–Crippen LogP) is 6.27. The molecule has 0 bridgehead atoms. The standard InChI is InChI=1S/C32H32N2O4/c1-20-3-16-28-27(19-20)29(32(36)34-37)31(38-2)30(33-28)26-14-12-23(13-15-26)22-7-4-21(5-8-22)6-9-25(17-18-35)24-10-11-24/h3-5,7-9,12-16,19,24,35,37H,6,10-11,17-18H2,1-2H3,(H,34,36). The van der Waals surface area contributed by atoms with Crippen molar-refractivity contribution in [3.63, 3.8) is 0 Å². The molecule has 194 valence electrons. The largest absolute Gasteiger partial charge is 0.494 e. The van der Waals surface area contributed by atoms with Gasteiger partial charge >= 0.3 is 0 Å². The number of methoxy groups -OCH3 is 1. The van der Waals surface area contributed by atoms with Crippen molar-refractivity contribution in [2.75, 3.05) is 13.7 Å². The van der Waals surface area contributed by atoms with Crippen LogP contribution in [0.25, 0.3) is 33.3 Å². The maximum atomic E-state index is 12.6. The van der Waals surface area contributed by atoms with Gasteiger partial charge in [-0.1, -0.05) is 71.8 Å². The molecule has 0 unspecified atom stereocenters. The molecule has 4 aromatic rings. The van der Waals surface area contributed by atoms with Gasteiger partial charge in [-0.25, -0.2) is 10.5 Å². The third-order valence-corrected chi connectivity index (χ3v) is 7.18. The SMILES string of the molecule is COc1c(-c2ccc(-c3ccc(CC=C(CCO)C4CC4)cc3)cc2)nc2ccc(C)cc2c1C(=O)NO. The lowest BCUT2D eigenvalue weighted by Gasteiger charge is -2.16. The van der Waals surface area contributed by atoms with Crippen LogP contribution in [-0.4, -0.2) is 34.9 Å². The van der Waals surface area contributed by atoms with Crippen molar-refractivity contribution in [1.82, 2.24) is 10.5 Å². The number of fused-ring (bicyclic) bond motifs is 1. The Morgan fingerprint density at radius 2 is 1.68 bits per heavy atom. The molecule has 6 heteroatoms. The first kappa shape index (κ1) is 25.6. The van der Waals surface area contributed by atoms with Gasteiger partial charge in [0.2, 0.25) is 0 Å². The van der Waals surface area contributed by atoms with E-state index >= 15 is 0 Å². The highest BCUT2D eigenvalue weighted by atomic mass is 16.5. The summed E-state index contributed by atoms with van der Waals surface area (Å²) in [7, 11) is 1.50. The highest BCUT2D eigenvalue weighted by Crippen LogP contribution is 2.39. The molecule has 5 rings (SSSR count). The molecule has 3 aromatic carbocycles. The number of benzene rings is 3. The number of carbonyl (C=O) groups is 1. The average molecular weight is 509 g/mol. The van der Waals surface area contributed by atoms with Crippen molar-refractivity contribution in [3.8, 4) is 28.1 Å². The minimum atomic E-state index is -0.645. The molecule has 0 radical (unpaired) electrons. The summed E-state index contributed by atoms with van der Waals surface area (Å²) in [6.45, 7) is 2.15. The summed E-state index contributed by atoms with van der Waals surface area (Å²) in [5, 5.41) is 19.3. The molecule has 1 aromatic heterocycles. The van der Waals surface area contributed by atoms with Crippen molar-refractivity contribution in [1.29, 1.82) is 0 Å². The van der Waals surface area contributed by atoms with Gasteiger partial charge in [0, 0.05) is 17.6 Å². The van der Waals surface area contributed by atoms with E-state index in [0.29, 0.717) is 28.3 Å². The Morgan fingerprint density at radius 1 is 1.03 bits per heavy atom. The molecular weight excluding hydrogens is 476 g/mol. The van der Waals surface area contributed by atoms with Crippen molar-refractivity contribution >= 4 is 16.8 Å². The first-order valence-corrected chi connectivity index (χ1v) is 12.9. The van der Waals surface area contributed by atoms with Crippen LogP contribution in [0.2, 0.25) is 0 Å². The fourth-order valence-corrected chi connectivity index (χ4v) is 4.99. The summed E-state index contributed by atoms with van der Waals surface area (Å²) >= 11 is 0. The van der Waals surface area contributed by atoms with Crippen LogP contribution >= 0.6 is 0 Å². The minimum absolute atomic E-state index is 0.216. The Labute approximate surface area is 222 Å². The van der Waals surface area contributed by atoms with E-state index in [0.717, 1.165) is 35.1 Å². The van der Waals surface area contributed by atoms with Crippen LogP contribution in [0.3, 0.4) is 0 Å². The monoisotopic (exact) mass is 508 g/mol. The average Bonchev–Trinajstić information content (AvgIpc) is 3.80. The summed E-state index contributed by atoms with van der Waals surface area (Å²) in [5.74, 6) is 0.341. The van der Waals surface area contributed by atoms with E-state index in [9.17, 15) is 15.1 Å². The molecule has 0 saturated heterocycles. The zero-order chi connectivity index (χ0) is 26.6. The Hall–Kier alpha value is -4.00. The number of aromatic nitrogens is 1. The maximum Gasteiger partial charge on any atom is 0.279 e. The fourth-order valence-electron chi connectivity index (χ4n) is 4.99. The Kier molecular flexibility index (Phi) is 7.54. The molecule has 38 heavy (non-hydrogen) atoms. The number of hydrogen-bond acceptors (Lipinski definition) is 5. The van der Waals surface area contributed by atoms with Crippen LogP contribution < -0.4 is 10.2 Å². The number of ether oxygens (including phenoxy) is 1. The highest BCUT2D eigenvalue weighted by molar-refractivity contribution is 6.10. The number of allylic oxidation sites excluding steroid dienone is 1. The third-order valence-electron chi connectivity index (χ3n) is 7.18. The zero-order valence-corrected chi connectivity index (χ0v) is 21.7. The number of pyridine rings is 1. The number of aryl methyl sites for hydroxylation is 1. The number of aliphatic hydroxyl groups excluding tert-OH is 1. The van der Waals surface area contributed by atoms with Gasteiger partial charge in [0.15, 0.2) is 5.75 Å². The number of hydroxylamine groups is 1. The molecule has 0 spiro atoms. The Balaban J connectivity index is 1.43. The number of amides is 1. The van der Waals surface area contributed by atoms with Crippen molar-refractivity contribution in [2.24, 2.45) is 5.92 Å². The van der Waals surface area contributed by atoms with E-state index in [1.54, 1.807) is 5.48 Å². The molecule has 1 saturated carbocycles. The molecule has 1 fully saturated rings. The second-order valence-electron chi connectivity index (χ2n) is 9.84. The molecule has 1 heterocycles. The zero-order valence-electron chi connectivity index (χ0n) is 21.7. The van der Waals surface area contributed by atoms with Crippen molar-refractivity contribution < 1.29 is 19.8 Å². The summed E-state index contributed by atoms with van der Waals surface area (Å²) in [6, 6.07) is 22.2. The van der Waals surface area contributed by atoms with Gasteiger partial charge in [-0.3, -0.25) is 10.0 Å². The quantitative estimate of drug-likeness (QED) is 0.141. The lowest BCUT2D eigenvalue weighted by Crippen LogP contribution is -2.20. The summed E-state index contributed by atoms with van der Waals surface area (Å²) in [4.78, 5) is 17.4. The molecule has 6 nitrogen and oxygen atoms in total. The van der Waals surface area contributed by atoms with Gasteiger partial charge in [0.25, 0.3) is 5.91 Å². The minimum Gasteiger partial charge on any atom is -0.494 e. The van der Waals surface area contributed by atoms with Crippen LogP contribution in [0.1, 0.15) is 40.7 Å². The van der Waals surface area contributed by atoms with Gasteiger partial charge in [0.1, 0.15) is 5.69 Å². The molecule has 1 aliphatic rings. The lowest BCUT2D eigenvalue weighted by molar-refractivity contribution is 0.0705. The number of nitrogens with one attached hydrogen (secondary N) is 1. The van der Waals surface area contributed by atoms with Crippen molar-refractivity contribution in [3.05, 3.63) is 95.1 Å². The molecule has 0 atom stereocenters. The van der Waals surface area contributed by atoms with E-state index in [2.05, 4.69) is 30.3 Å². The second kappa shape index (κ2) is 11.2. The van der Waals surface area contributed by atoms with E-state index in [1.165, 1.54) is 31.1 Å². The maximum absolute atomic E-state index is 12.6. The molecule has 0 aliphatic heterocycles. The van der Waals surface area contributed by atoms with Crippen LogP contribution in [-0.2, 0) is 6.42 Å². The van der Waals surface area contributed by atoms with Gasteiger partial charge in [-0.2, -0.15) is 0 Å². The van der Waals surface area contributed by atoms with Crippen LogP contribution in [0.5, 0.6) is 5.75 Å². The van der Waals surface area contributed by atoms with E-state index in [4.69, 9.17) is 9.72 Å². The summed E-state index contributed by atoms with van der Waals surface area (Å²) < 4.78 is 5.65. The molecule has 3 N–H and O–H groups in total. The van der Waals surface area contributed by atoms with Crippen LogP contribution in [0.4, 0.5) is 0 Å². The summed E-state index contributed by atoms with van der Waals surface area (Å²) in [5.41, 5.74) is 9.76. The molecule has 1 amide bonds. The number of carbonyl (C=O) groups excluding carboxylic acids is 1. The number of hydrogen-bond donors (Lipinski definition) is 3. The smallest absolute Gasteiger partial charge is 0.279 e. The Bertz CT molecular complexity index is 1490. The summed E-state index contributed by atoms with van der Waals surface area (Å²) in [6.07, 6.45) is 6.43. The number of nitrogens with zero attached hydrogens (tertiary/aromatic N) is 1. The van der Waals surface area contributed by atoms with Crippen molar-refractivity contribution in [2.45, 2.75) is 32.6 Å². The first-order chi connectivity index (χ1) is 18.5. The van der Waals surface area contributed by atoms with Crippen LogP contribution in [0.15, 0.2) is 78.4 Å². The third kappa shape index (κ3) is 5.32. The number of aliphatic hydroxyl groups is 1. The first-order valence-electron chi connectivity index (χ1n) is 12.9. The van der Waals surface area contributed by atoms with E-state index in [1.807, 2.05) is 49.4 Å². The fraction of sp³-hybridized carbons (Fsp3) is 0.250. The highest BCUT2D eigenvalue weighted by Gasteiger charge is 2.25. The Morgan fingerprint density at radius 3 is 2.29 bits per heavy atom. The van der Waals surface area contributed by atoms with Crippen LogP contribution in [0, 0.1) is 12.8 Å². The van der Waals surface area contributed by atoms with Gasteiger partial charge in [-0.05, 0) is 67.3 Å². The molecular formula is C32H32N2O4. The van der Waals surface area contributed by atoms with E-state index < -0.39 is 5.91 Å². The van der Waals surface area contributed by atoms with Gasteiger partial charge in [-0.15, -0.1) is 0 Å². The normalized spacial score (nSPS) is 13.5. The van der Waals surface area contributed by atoms with E-state index in [-0.39, 0.29) is 12.2 Å². The lowest BCUT2D eigenvalue weighted by atomic mass is 9.97. The van der Waals surface area contributed by atoms with Gasteiger partial charge < -0.3 is 9.84 Å². The predicted molar refractivity (Wildman–Crippen MR) is 149 cm³/mol. The number of rotatable bonds is 9.